The molecule has 0 aliphatic carbocycles. The van der Waals surface area contributed by atoms with Crippen molar-refractivity contribution in [2.24, 2.45) is 7.05 Å². The lowest BCUT2D eigenvalue weighted by Crippen LogP contribution is -2.43. The molecule has 154 valence electrons. The van der Waals surface area contributed by atoms with Gasteiger partial charge >= 0.3 is 6.18 Å². The Labute approximate surface area is 164 Å². The van der Waals surface area contributed by atoms with Gasteiger partial charge in [0.15, 0.2) is 5.82 Å². The van der Waals surface area contributed by atoms with Crippen LogP contribution in [0.1, 0.15) is 17.4 Å². The van der Waals surface area contributed by atoms with Crippen LogP contribution in [0, 0.1) is 11.8 Å². The van der Waals surface area contributed by atoms with Crippen LogP contribution in [0.15, 0.2) is 27.8 Å². The molecule has 0 radical (unpaired) electrons. The molecule has 0 aliphatic heterocycles. The van der Waals surface area contributed by atoms with E-state index in [1.54, 1.807) is 0 Å². The Morgan fingerprint density at radius 3 is 2.46 bits per heavy atom. The second-order valence-electron chi connectivity index (χ2n) is 5.60. The molecular formula is C14H12BrF5N4O3S. The number of aromatic nitrogens is 2. The van der Waals surface area contributed by atoms with Crippen LogP contribution in [0.2, 0.25) is 0 Å². The van der Waals surface area contributed by atoms with Crippen molar-refractivity contribution in [3.8, 4) is 0 Å². The van der Waals surface area contributed by atoms with Crippen molar-refractivity contribution in [1.29, 1.82) is 0 Å². The Balaban J connectivity index is 2.34. The Kier molecular flexibility index (Phi) is 6.16. The molecular weight excluding hydrogens is 479 g/mol. The van der Waals surface area contributed by atoms with E-state index in [-0.39, 0.29) is 10.2 Å². The number of rotatable bonds is 5. The van der Waals surface area contributed by atoms with Crippen molar-refractivity contribution in [2.75, 3.05) is 5.32 Å². The van der Waals surface area contributed by atoms with Crippen molar-refractivity contribution < 1.29 is 35.2 Å². The third kappa shape index (κ3) is 4.67. The summed E-state index contributed by atoms with van der Waals surface area (Å²) in [6.45, 7) is 0.547. The van der Waals surface area contributed by atoms with Crippen molar-refractivity contribution in [1.82, 2.24) is 14.3 Å². The monoisotopic (exact) mass is 490 g/mol. The highest BCUT2D eigenvalue weighted by molar-refractivity contribution is 9.10. The third-order valence-corrected chi connectivity index (χ3v) is 5.55. The average molecular weight is 491 g/mol. The summed E-state index contributed by atoms with van der Waals surface area (Å²) in [5.74, 6) is -3.53. The van der Waals surface area contributed by atoms with E-state index in [2.05, 4.69) is 26.2 Å². The zero-order chi connectivity index (χ0) is 21.4. The van der Waals surface area contributed by atoms with Gasteiger partial charge in [0.25, 0.3) is 5.91 Å². The first kappa shape index (κ1) is 22.2. The quantitative estimate of drug-likeness (QED) is 0.497. The molecule has 1 unspecified atom stereocenters. The molecule has 28 heavy (non-hydrogen) atoms. The molecule has 2 aromatic rings. The highest BCUT2D eigenvalue weighted by Gasteiger charge is 2.40. The first-order chi connectivity index (χ1) is 12.7. The van der Waals surface area contributed by atoms with Crippen molar-refractivity contribution >= 4 is 37.5 Å². The Morgan fingerprint density at radius 2 is 1.93 bits per heavy atom. The van der Waals surface area contributed by atoms with E-state index in [1.807, 2.05) is 0 Å². The van der Waals surface area contributed by atoms with Gasteiger partial charge in [0.05, 0.1) is 16.4 Å². The van der Waals surface area contributed by atoms with Gasteiger partial charge in [-0.2, -0.15) is 22.3 Å². The molecule has 1 amide bonds. The van der Waals surface area contributed by atoms with Crippen molar-refractivity contribution in [3.63, 3.8) is 0 Å². The fourth-order valence-electron chi connectivity index (χ4n) is 2.06. The number of carbonyl (C=O) groups is 1. The number of carbonyl (C=O) groups excluding carboxylic acids is 1. The highest BCUT2D eigenvalue weighted by atomic mass is 79.9. The predicted molar refractivity (Wildman–Crippen MR) is 91.1 cm³/mol. The molecule has 2 heterocycles. The largest absolute Gasteiger partial charge is 0.404 e. The van der Waals surface area contributed by atoms with Gasteiger partial charge in [-0.15, -0.1) is 0 Å². The van der Waals surface area contributed by atoms with Gasteiger partial charge in [0.2, 0.25) is 16.0 Å². The number of anilines is 1. The zero-order valence-corrected chi connectivity index (χ0v) is 16.5. The van der Waals surface area contributed by atoms with Crippen molar-refractivity contribution in [3.05, 3.63) is 40.4 Å². The lowest BCUT2D eigenvalue weighted by atomic mass is 10.3. The molecule has 0 fully saturated rings. The summed E-state index contributed by atoms with van der Waals surface area (Å²) in [6, 6.07) is -1.34. The molecule has 2 aromatic heterocycles. The first-order valence-corrected chi connectivity index (χ1v) is 9.58. The lowest BCUT2D eigenvalue weighted by Gasteiger charge is -2.16. The molecule has 14 heteroatoms. The van der Waals surface area contributed by atoms with Gasteiger partial charge in [-0.3, -0.25) is 4.79 Å². The summed E-state index contributed by atoms with van der Waals surface area (Å²) in [5.41, 5.74) is -0.799. The van der Waals surface area contributed by atoms with E-state index < -0.39 is 50.5 Å². The van der Waals surface area contributed by atoms with Crippen LogP contribution in [0.5, 0.6) is 0 Å². The number of nitrogens with zero attached hydrogens (tertiary/aromatic N) is 2. The van der Waals surface area contributed by atoms with Gasteiger partial charge in [0.1, 0.15) is 16.6 Å². The topological polar surface area (TPSA) is 93.1 Å². The molecule has 0 aromatic carbocycles. The number of aryl methyl sites for hydroxylation is 1. The molecule has 0 spiro atoms. The average Bonchev–Trinajstić information content (AvgIpc) is 2.85. The number of sulfonamides is 1. The van der Waals surface area contributed by atoms with Gasteiger partial charge in [-0.1, -0.05) is 0 Å². The summed E-state index contributed by atoms with van der Waals surface area (Å²) in [4.78, 5) is 14.5. The van der Waals surface area contributed by atoms with Crippen LogP contribution in [0.4, 0.5) is 27.6 Å². The smallest absolute Gasteiger partial charge is 0.343 e. The molecule has 0 saturated carbocycles. The minimum atomic E-state index is -4.91. The van der Waals surface area contributed by atoms with Gasteiger partial charge < -0.3 is 9.88 Å². The number of halogens is 6. The molecule has 1 atom stereocenters. The first-order valence-electron chi connectivity index (χ1n) is 7.30. The molecule has 2 N–H and O–H groups in total. The summed E-state index contributed by atoms with van der Waals surface area (Å²) >= 11 is 2.84. The van der Waals surface area contributed by atoms with Gasteiger partial charge in [-0.25, -0.2) is 17.8 Å². The maximum atomic E-state index is 14.6. The number of hydrogen-bond acceptors (Lipinski definition) is 4. The fourth-order valence-corrected chi connectivity index (χ4v) is 3.76. The predicted octanol–water partition coefficient (Wildman–Crippen LogP) is 2.94. The summed E-state index contributed by atoms with van der Waals surface area (Å²) in [6.07, 6.45) is -3.29. The standard InChI is InChI=1S/C14H12BrF5N4O3S/c1-6(14(18,19)20)23-28(26,27)9-5-24(2)11(10(9)16)13(25)22-7-3-8(15)12(17)21-4-7/h3-6,23H,1-2H3,(H,22,25). The number of nitrogens with one attached hydrogen (secondary N) is 2. The normalized spacial score (nSPS) is 13.4. The number of pyridine rings is 1. The summed E-state index contributed by atoms with van der Waals surface area (Å²) < 4.78 is 91.6. The maximum Gasteiger partial charge on any atom is 0.404 e. The Bertz CT molecular complexity index is 1020. The van der Waals surface area contributed by atoms with Crippen LogP contribution in [0.3, 0.4) is 0 Å². The second kappa shape index (κ2) is 7.75. The van der Waals surface area contributed by atoms with Crippen LogP contribution < -0.4 is 10.0 Å². The summed E-state index contributed by atoms with van der Waals surface area (Å²) in [5, 5.41) is 2.18. The SMILES string of the molecule is CC(NS(=O)(=O)c1cn(C)c(C(=O)Nc2cnc(F)c(Br)c2)c1F)C(F)(F)F. The van der Waals surface area contributed by atoms with Crippen LogP contribution in [-0.2, 0) is 17.1 Å². The number of amides is 1. The summed E-state index contributed by atoms with van der Waals surface area (Å²) in [7, 11) is -3.78. The lowest BCUT2D eigenvalue weighted by molar-refractivity contribution is -0.147. The maximum absolute atomic E-state index is 14.6. The number of alkyl halides is 3. The van der Waals surface area contributed by atoms with E-state index in [0.717, 1.165) is 23.9 Å². The Morgan fingerprint density at radius 1 is 1.32 bits per heavy atom. The minimum Gasteiger partial charge on any atom is -0.343 e. The van der Waals surface area contributed by atoms with Crippen LogP contribution >= 0.6 is 15.9 Å². The van der Waals surface area contributed by atoms with E-state index in [1.165, 1.54) is 4.72 Å². The van der Waals surface area contributed by atoms with Gasteiger partial charge in [0, 0.05) is 13.2 Å². The minimum absolute atomic E-state index is 0.0351. The van der Waals surface area contributed by atoms with E-state index in [4.69, 9.17) is 0 Å². The van der Waals surface area contributed by atoms with E-state index in [9.17, 15) is 35.2 Å². The third-order valence-electron chi connectivity index (χ3n) is 3.47. The molecule has 0 aliphatic rings. The molecule has 7 nitrogen and oxygen atoms in total. The zero-order valence-electron chi connectivity index (χ0n) is 14.1. The van der Waals surface area contributed by atoms with Crippen LogP contribution in [0.25, 0.3) is 0 Å². The van der Waals surface area contributed by atoms with Crippen molar-refractivity contribution in [2.45, 2.75) is 24.0 Å². The highest BCUT2D eigenvalue weighted by Crippen LogP contribution is 2.25. The molecule has 0 bridgehead atoms. The van der Waals surface area contributed by atoms with Gasteiger partial charge in [-0.05, 0) is 28.9 Å². The number of hydrogen-bond donors (Lipinski definition) is 2. The van der Waals surface area contributed by atoms with Crippen LogP contribution in [-0.4, -0.2) is 36.1 Å². The fraction of sp³-hybridized carbons (Fsp3) is 0.286. The Hall–Kier alpha value is -2.06. The second-order valence-corrected chi connectivity index (χ2v) is 8.14. The van der Waals surface area contributed by atoms with E-state index in [0.29, 0.717) is 13.1 Å². The molecule has 0 saturated heterocycles. The van der Waals surface area contributed by atoms with E-state index >= 15 is 0 Å². The molecule has 2 rings (SSSR count).